The topological polar surface area (TPSA) is 41.1 Å². The summed E-state index contributed by atoms with van der Waals surface area (Å²) in [6.45, 7) is 8.70. The minimum Gasteiger partial charge on any atom is -0.374 e. The molecule has 0 aromatic heterocycles. The number of rotatable bonds is 5. The zero-order valence-corrected chi connectivity index (χ0v) is 14.7. The number of hydrogen-bond donors (Lipinski definition) is 2. The van der Waals surface area contributed by atoms with Crippen molar-refractivity contribution in [2.75, 3.05) is 5.32 Å². The molecular formula is C20H25FN2O. The van der Waals surface area contributed by atoms with Gasteiger partial charge in [-0.2, -0.15) is 0 Å². The van der Waals surface area contributed by atoms with Crippen LogP contribution in [-0.2, 0) is 16.8 Å². The average Bonchev–Trinajstić information content (AvgIpc) is 2.53. The van der Waals surface area contributed by atoms with E-state index in [4.69, 9.17) is 0 Å². The van der Waals surface area contributed by atoms with E-state index in [-0.39, 0.29) is 23.2 Å². The summed E-state index contributed by atoms with van der Waals surface area (Å²) in [5.74, 6) is -0.377. The highest BCUT2D eigenvalue weighted by Crippen LogP contribution is 2.23. The van der Waals surface area contributed by atoms with Crippen molar-refractivity contribution >= 4 is 11.6 Å². The lowest BCUT2D eigenvalue weighted by Gasteiger charge is -2.20. The fraction of sp³-hybridized carbons (Fsp3) is 0.350. The molecule has 128 valence electrons. The van der Waals surface area contributed by atoms with Crippen LogP contribution < -0.4 is 10.6 Å². The molecule has 1 unspecified atom stereocenters. The molecular weight excluding hydrogens is 303 g/mol. The van der Waals surface area contributed by atoms with E-state index in [0.29, 0.717) is 6.54 Å². The molecule has 1 atom stereocenters. The molecule has 2 aromatic carbocycles. The Labute approximate surface area is 143 Å². The van der Waals surface area contributed by atoms with Crippen LogP contribution in [0.3, 0.4) is 0 Å². The summed E-state index contributed by atoms with van der Waals surface area (Å²) in [5, 5.41) is 6.04. The predicted molar refractivity (Wildman–Crippen MR) is 96.5 cm³/mol. The fourth-order valence-corrected chi connectivity index (χ4v) is 2.33. The second-order valence-electron chi connectivity index (χ2n) is 7.04. The molecule has 0 saturated carbocycles. The molecule has 2 rings (SSSR count). The monoisotopic (exact) mass is 328 g/mol. The standard InChI is InChI=1S/C20H25FN2O/c1-14(19(24)22-13-15-5-9-17(21)10-6-15)23-18-11-7-16(8-12-18)20(2,3)4/h5-12,14,23H,13H2,1-4H3,(H,22,24). The van der Waals surface area contributed by atoms with Crippen molar-refractivity contribution in [2.45, 2.75) is 45.7 Å². The average molecular weight is 328 g/mol. The molecule has 0 spiro atoms. The highest BCUT2D eigenvalue weighted by molar-refractivity contribution is 5.84. The molecule has 0 heterocycles. The van der Waals surface area contributed by atoms with E-state index < -0.39 is 0 Å². The number of nitrogens with one attached hydrogen (secondary N) is 2. The van der Waals surface area contributed by atoms with Gasteiger partial charge in [0, 0.05) is 12.2 Å². The van der Waals surface area contributed by atoms with Crippen LogP contribution in [0.5, 0.6) is 0 Å². The van der Waals surface area contributed by atoms with Gasteiger partial charge in [0.2, 0.25) is 5.91 Å². The van der Waals surface area contributed by atoms with Crippen LogP contribution in [0.2, 0.25) is 0 Å². The minimum atomic E-state index is -0.356. The zero-order valence-electron chi connectivity index (χ0n) is 14.7. The van der Waals surface area contributed by atoms with Crippen LogP contribution in [0.1, 0.15) is 38.8 Å². The minimum absolute atomic E-state index is 0.0979. The summed E-state index contributed by atoms with van der Waals surface area (Å²) in [6, 6.07) is 13.9. The van der Waals surface area contributed by atoms with Crippen molar-refractivity contribution in [2.24, 2.45) is 0 Å². The van der Waals surface area contributed by atoms with Crippen LogP contribution in [0.15, 0.2) is 48.5 Å². The Kier molecular flexibility index (Phi) is 5.60. The molecule has 0 bridgehead atoms. The maximum Gasteiger partial charge on any atom is 0.242 e. The third kappa shape index (κ3) is 5.08. The van der Waals surface area contributed by atoms with Gasteiger partial charge in [0.25, 0.3) is 0 Å². The van der Waals surface area contributed by atoms with Gasteiger partial charge in [-0.05, 0) is 47.7 Å². The molecule has 2 aromatic rings. The molecule has 0 radical (unpaired) electrons. The number of carbonyl (C=O) groups is 1. The predicted octanol–water partition coefficient (Wildman–Crippen LogP) is 4.24. The third-order valence-corrected chi connectivity index (χ3v) is 3.91. The molecule has 0 fully saturated rings. The van der Waals surface area contributed by atoms with Crippen molar-refractivity contribution in [1.29, 1.82) is 0 Å². The zero-order chi connectivity index (χ0) is 17.7. The largest absolute Gasteiger partial charge is 0.374 e. The van der Waals surface area contributed by atoms with Crippen molar-refractivity contribution in [3.8, 4) is 0 Å². The molecule has 1 amide bonds. The van der Waals surface area contributed by atoms with Gasteiger partial charge in [-0.3, -0.25) is 4.79 Å². The molecule has 3 nitrogen and oxygen atoms in total. The number of amides is 1. The van der Waals surface area contributed by atoms with E-state index in [0.717, 1.165) is 11.3 Å². The molecule has 24 heavy (non-hydrogen) atoms. The lowest BCUT2D eigenvalue weighted by molar-refractivity contribution is -0.121. The van der Waals surface area contributed by atoms with Crippen LogP contribution >= 0.6 is 0 Å². The first kappa shape index (κ1) is 18.0. The van der Waals surface area contributed by atoms with Gasteiger partial charge in [-0.25, -0.2) is 4.39 Å². The first-order chi connectivity index (χ1) is 11.3. The molecule has 0 aliphatic carbocycles. The van der Waals surface area contributed by atoms with Crippen molar-refractivity contribution in [1.82, 2.24) is 5.32 Å². The third-order valence-electron chi connectivity index (χ3n) is 3.91. The molecule has 0 aliphatic heterocycles. The second kappa shape index (κ2) is 7.47. The molecule has 2 N–H and O–H groups in total. The quantitative estimate of drug-likeness (QED) is 0.862. The van der Waals surface area contributed by atoms with Crippen LogP contribution in [0.25, 0.3) is 0 Å². The first-order valence-corrected chi connectivity index (χ1v) is 8.15. The SMILES string of the molecule is CC(Nc1ccc(C(C)(C)C)cc1)C(=O)NCc1ccc(F)cc1. The molecule has 0 aliphatic rings. The first-order valence-electron chi connectivity index (χ1n) is 8.15. The lowest BCUT2D eigenvalue weighted by Crippen LogP contribution is -2.37. The lowest BCUT2D eigenvalue weighted by atomic mass is 9.87. The Balaban J connectivity index is 1.88. The summed E-state index contributed by atoms with van der Waals surface area (Å²) in [4.78, 5) is 12.2. The van der Waals surface area contributed by atoms with Gasteiger partial charge in [-0.15, -0.1) is 0 Å². The Bertz CT molecular complexity index is 672. The highest BCUT2D eigenvalue weighted by Gasteiger charge is 2.15. The van der Waals surface area contributed by atoms with Gasteiger partial charge in [0.05, 0.1) is 0 Å². The fourth-order valence-electron chi connectivity index (χ4n) is 2.33. The number of carbonyl (C=O) groups excluding carboxylic acids is 1. The van der Waals surface area contributed by atoms with E-state index in [1.165, 1.54) is 17.7 Å². The second-order valence-corrected chi connectivity index (χ2v) is 7.04. The summed E-state index contributed by atoms with van der Waals surface area (Å²) >= 11 is 0. The summed E-state index contributed by atoms with van der Waals surface area (Å²) in [6.07, 6.45) is 0. The number of benzene rings is 2. The highest BCUT2D eigenvalue weighted by atomic mass is 19.1. The van der Waals surface area contributed by atoms with E-state index in [1.807, 2.05) is 19.1 Å². The van der Waals surface area contributed by atoms with Crippen LogP contribution in [-0.4, -0.2) is 11.9 Å². The van der Waals surface area contributed by atoms with Crippen molar-refractivity contribution < 1.29 is 9.18 Å². The van der Waals surface area contributed by atoms with Gasteiger partial charge in [0.15, 0.2) is 0 Å². The molecule has 0 saturated heterocycles. The number of halogens is 1. The molecule has 4 heteroatoms. The Morgan fingerprint density at radius 1 is 1.04 bits per heavy atom. The Morgan fingerprint density at radius 2 is 1.62 bits per heavy atom. The van der Waals surface area contributed by atoms with Gasteiger partial charge in [0.1, 0.15) is 11.9 Å². The van der Waals surface area contributed by atoms with E-state index in [9.17, 15) is 9.18 Å². The maximum absolute atomic E-state index is 12.9. The summed E-state index contributed by atoms with van der Waals surface area (Å²) < 4.78 is 12.9. The van der Waals surface area contributed by atoms with Crippen molar-refractivity contribution in [3.63, 3.8) is 0 Å². The summed E-state index contributed by atoms with van der Waals surface area (Å²) in [7, 11) is 0. The van der Waals surface area contributed by atoms with Gasteiger partial charge >= 0.3 is 0 Å². The van der Waals surface area contributed by atoms with Crippen LogP contribution in [0, 0.1) is 5.82 Å². The van der Waals surface area contributed by atoms with E-state index in [1.54, 1.807) is 12.1 Å². The van der Waals surface area contributed by atoms with Crippen molar-refractivity contribution in [3.05, 3.63) is 65.5 Å². The van der Waals surface area contributed by atoms with E-state index in [2.05, 4.69) is 43.5 Å². The maximum atomic E-state index is 12.9. The number of anilines is 1. The summed E-state index contributed by atoms with van der Waals surface area (Å²) in [5.41, 5.74) is 3.14. The van der Waals surface area contributed by atoms with Gasteiger partial charge in [-0.1, -0.05) is 45.0 Å². The Hall–Kier alpha value is -2.36. The Morgan fingerprint density at radius 3 is 2.17 bits per heavy atom. The normalized spacial score (nSPS) is 12.5. The van der Waals surface area contributed by atoms with Gasteiger partial charge < -0.3 is 10.6 Å². The smallest absolute Gasteiger partial charge is 0.242 e. The van der Waals surface area contributed by atoms with E-state index >= 15 is 0 Å². The number of hydrogen-bond acceptors (Lipinski definition) is 2. The van der Waals surface area contributed by atoms with Crippen LogP contribution in [0.4, 0.5) is 10.1 Å².